The Labute approximate surface area is 151 Å². The first-order valence-electron chi connectivity index (χ1n) is 9.27. The minimum absolute atomic E-state index is 0.0970. The van der Waals surface area contributed by atoms with E-state index >= 15 is 0 Å². The van der Waals surface area contributed by atoms with Crippen LogP contribution in [0.15, 0.2) is 24.3 Å². The summed E-state index contributed by atoms with van der Waals surface area (Å²) in [4.78, 5) is 28.4. The molecule has 2 atom stereocenters. The Morgan fingerprint density at radius 3 is 2.27 bits per heavy atom. The summed E-state index contributed by atoms with van der Waals surface area (Å²) in [5, 5.41) is 0. The second kappa shape index (κ2) is 6.30. The maximum atomic E-state index is 11.0. The molecule has 0 aromatic heterocycles. The Balaban J connectivity index is 1.27. The van der Waals surface area contributed by atoms with Gasteiger partial charge in [-0.1, -0.05) is 12.1 Å². The van der Waals surface area contributed by atoms with Gasteiger partial charge in [-0.05, 0) is 73.5 Å². The van der Waals surface area contributed by atoms with Crippen molar-refractivity contribution >= 4 is 7.82 Å². The Kier molecular flexibility index (Phi) is 4.16. The molecule has 1 aromatic carbocycles. The first kappa shape index (κ1) is 17.2. The minimum atomic E-state index is -4.59. The van der Waals surface area contributed by atoms with Gasteiger partial charge in [-0.2, -0.15) is 0 Å². The molecule has 142 valence electrons. The highest BCUT2D eigenvalue weighted by atomic mass is 31.2. The molecular weight excluding hydrogens is 359 g/mol. The number of hydrogen-bond donors (Lipinski definition) is 2. The summed E-state index contributed by atoms with van der Waals surface area (Å²) in [5.74, 6) is 3.11. The highest BCUT2D eigenvalue weighted by Crippen LogP contribution is 2.55. The monoisotopic (exact) mass is 382 g/mol. The van der Waals surface area contributed by atoms with Gasteiger partial charge >= 0.3 is 7.82 Å². The first-order valence-corrected chi connectivity index (χ1v) is 10.8. The number of phosphoric ester groups is 1. The predicted octanol–water partition coefficient (Wildman–Crippen LogP) is 3.33. The first-order chi connectivity index (χ1) is 12.4. The maximum absolute atomic E-state index is 11.0. The maximum Gasteiger partial charge on any atom is 0.524 e. The fraction of sp³-hybridized carbons (Fsp3) is 0.667. The summed E-state index contributed by atoms with van der Waals surface area (Å²) in [7, 11) is -4.59. The van der Waals surface area contributed by atoms with E-state index in [0.29, 0.717) is 11.8 Å². The molecule has 2 N–H and O–H groups in total. The lowest BCUT2D eigenvalue weighted by Gasteiger charge is -2.55. The third kappa shape index (κ3) is 3.21. The second-order valence-electron chi connectivity index (χ2n) is 8.17. The van der Waals surface area contributed by atoms with Crippen LogP contribution in [0, 0.1) is 23.7 Å². The fourth-order valence-electron chi connectivity index (χ4n) is 5.60. The van der Waals surface area contributed by atoms with Crippen molar-refractivity contribution in [2.24, 2.45) is 23.7 Å². The average Bonchev–Trinajstić information content (AvgIpc) is 2.51. The van der Waals surface area contributed by atoms with Gasteiger partial charge in [0, 0.05) is 0 Å². The van der Waals surface area contributed by atoms with Gasteiger partial charge in [0.2, 0.25) is 6.29 Å². The van der Waals surface area contributed by atoms with Crippen LogP contribution in [0.3, 0.4) is 0 Å². The van der Waals surface area contributed by atoms with E-state index in [2.05, 4.69) is 4.52 Å². The quantitative estimate of drug-likeness (QED) is 0.596. The second-order valence-corrected chi connectivity index (χ2v) is 9.33. The summed E-state index contributed by atoms with van der Waals surface area (Å²) >= 11 is 0. The van der Waals surface area contributed by atoms with Crippen LogP contribution >= 0.6 is 7.82 Å². The zero-order chi connectivity index (χ0) is 17.9. The lowest BCUT2D eigenvalue weighted by Crippen LogP contribution is -2.52. The van der Waals surface area contributed by atoms with Crippen LogP contribution in [0.1, 0.15) is 43.8 Å². The molecule has 0 amide bonds. The lowest BCUT2D eigenvalue weighted by molar-refractivity contribution is -0.532. The standard InChI is InChI=1S/C18H23O7P/c19-26(20,21)25-15-3-1-2-12(9-15)17-18(24-23-17)22-16-13-5-10-4-11(7-13)8-14(16)6-10/h1-3,9-11,13-14,16-18H,4-8H2,(H2,19,20,21). The van der Waals surface area contributed by atoms with Crippen LogP contribution in [0.25, 0.3) is 0 Å². The molecule has 0 radical (unpaired) electrons. The van der Waals surface area contributed by atoms with Crippen molar-refractivity contribution in [3.05, 3.63) is 29.8 Å². The van der Waals surface area contributed by atoms with Crippen LogP contribution in [0.5, 0.6) is 5.75 Å². The van der Waals surface area contributed by atoms with Crippen LogP contribution < -0.4 is 4.52 Å². The van der Waals surface area contributed by atoms with E-state index in [9.17, 15) is 4.57 Å². The third-order valence-corrected chi connectivity index (χ3v) is 6.79. The number of phosphoric acid groups is 1. The van der Waals surface area contributed by atoms with Gasteiger partial charge in [0.15, 0.2) is 6.10 Å². The summed E-state index contributed by atoms with van der Waals surface area (Å²) < 4.78 is 22.0. The number of benzene rings is 1. The van der Waals surface area contributed by atoms with Crippen molar-refractivity contribution in [3.8, 4) is 5.75 Å². The van der Waals surface area contributed by atoms with Crippen molar-refractivity contribution in [1.29, 1.82) is 0 Å². The Bertz CT molecular complexity index is 704. The van der Waals surface area contributed by atoms with Gasteiger partial charge in [0.1, 0.15) is 5.75 Å². The largest absolute Gasteiger partial charge is 0.524 e. The molecular formula is C18H23O7P. The van der Waals surface area contributed by atoms with Gasteiger partial charge in [-0.15, -0.1) is 0 Å². The highest BCUT2D eigenvalue weighted by molar-refractivity contribution is 7.46. The van der Waals surface area contributed by atoms with Gasteiger partial charge in [0.25, 0.3) is 0 Å². The molecule has 1 heterocycles. The molecule has 1 aliphatic heterocycles. The Morgan fingerprint density at radius 2 is 1.69 bits per heavy atom. The Morgan fingerprint density at radius 1 is 1.00 bits per heavy atom. The topological polar surface area (TPSA) is 94.5 Å². The highest BCUT2D eigenvalue weighted by Gasteiger charge is 2.51. The zero-order valence-corrected chi connectivity index (χ0v) is 15.2. The van der Waals surface area contributed by atoms with Crippen LogP contribution in [0.4, 0.5) is 0 Å². The van der Waals surface area contributed by atoms with E-state index in [1.54, 1.807) is 12.1 Å². The molecule has 1 aromatic rings. The summed E-state index contributed by atoms with van der Waals surface area (Å²) in [6.07, 6.45) is 5.80. The molecule has 2 unspecified atom stereocenters. The van der Waals surface area contributed by atoms with Crippen molar-refractivity contribution in [3.63, 3.8) is 0 Å². The lowest BCUT2D eigenvalue weighted by atomic mass is 9.55. The van der Waals surface area contributed by atoms with Crippen molar-refractivity contribution in [2.75, 3.05) is 0 Å². The molecule has 1 saturated heterocycles. The van der Waals surface area contributed by atoms with E-state index in [-0.39, 0.29) is 11.9 Å². The molecule has 4 bridgehead atoms. The third-order valence-electron chi connectivity index (χ3n) is 6.34. The zero-order valence-electron chi connectivity index (χ0n) is 14.3. The summed E-state index contributed by atoms with van der Waals surface area (Å²) in [5.41, 5.74) is 0.719. The normalized spacial score (nSPS) is 41.1. The SMILES string of the molecule is O=P(O)(O)Oc1cccc(C2OOC2OC2C3CC4CC(C3)CC2C4)c1. The van der Waals surface area contributed by atoms with Crippen LogP contribution in [-0.4, -0.2) is 22.2 Å². The molecule has 4 saturated carbocycles. The van der Waals surface area contributed by atoms with Gasteiger partial charge in [0.05, 0.1) is 6.10 Å². The van der Waals surface area contributed by atoms with E-state index in [1.165, 1.54) is 38.2 Å². The molecule has 6 rings (SSSR count). The molecule has 26 heavy (non-hydrogen) atoms. The molecule has 5 aliphatic rings. The number of ether oxygens (including phenoxy) is 1. The smallest absolute Gasteiger partial charge is 0.404 e. The summed E-state index contributed by atoms with van der Waals surface area (Å²) in [6.45, 7) is 0. The number of rotatable bonds is 5. The molecule has 7 nitrogen and oxygen atoms in total. The van der Waals surface area contributed by atoms with E-state index < -0.39 is 20.2 Å². The van der Waals surface area contributed by atoms with Crippen molar-refractivity contribution in [2.45, 2.75) is 50.6 Å². The van der Waals surface area contributed by atoms with Crippen LogP contribution in [-0.2, 0) is 19.1 Å². The minimum Gasteiger partial charge on any atom is -0.404 e. The fourth-order valence-corrected chi connectivity index (χ4v) is 5.99. The van der Waals surface area contributed by atoms with E-state index in [0.717, 1.165) is 17.4 Å². The molecule has 5 fully saturated rings. The molecule has 8 heteroatoms. The summed E-state index contributed by atoms with van der Waals surface area (Å²) in [6, 6.07) is 6.53. The average molecular weight is 382 g/mol. The predicted molar refractivity (Wildman–Crippen MR) is 89.7 cm³/mol. The number of hydrogen-bond acceptors (Lipinski definition) is 5. The van der Waals surface area contributed by atoms with E-state index in [4.69, 9.17) is 24.3 Å². The van der Waals surface area contributed by atoms with Gasteiger partial charge < -0.3 is 9.26 Å². The van der Waals surface area contributed by atoms with Gasteiger partial charge in [-0.25, -0.2) is 14.3 Å². The van der Waals surface area contributed by atoms with E-state index in [1.807, 2.05) is 6.07 Å². The van der Waals surface area contributed by atoms with Crippen molar-refractivity contribution in [1.82, 2.24) is 0 Å². The Hall–Kier alpha value is -0.950. The molecule has 0 spiro atoms. The van der Waals surface area contributed by atoms with Gasteiger partial charge in [-0.3, -0.25) is 9.79 Å². The molecule has 4 aliphatic carbocycles. The van der Waals surface area contributed by atoms with Crippen LogP contribution in [0.2, 0.25) is 0 Å². The van der Waals surface area contributed by atoms with Crippen molar-refractivity contribution < 1.29 is 33.4 Å².